The number of benzene rings is 2. The first-order valence-corrected chi connectivity index (χ1v) is 9.23. The van der Waals surface area contributed by atoms with Gasteiger partial charge in [-0.1, -0.05) is 52.5 Å². The summed E-state index contributed by atoms with van der Waals surface area (Å²) in [5.74, 6) is 0.885. The monoisotopic (exact) mass is 393 g/mol. The van der Waals surface area contributed by atoms with Crippen LogP contribution in [0.25, 0.3) is 0 Å². The van der Waals surface area contributed by atoms with Crippen LogP contribution in [-0.2, 0) is 0 Å². The van der Waals surface area contributed by atoms with Crippen LogP contribution < -0.4 is 5.32 Å². The van der Waals surface area contributed by atoms with Gasteiger partial charge in [-0.15, -0.1) is 11.8 Å². The number of thioether (sulfide) groups is 1. The van der Waals surface area contributed by atoms with Crippen molar-refractivity contribution in [3.63, 3.8) is 0 Å². The molecule has 0 radical (unpaired) electrons. The van der Waals surface area contributed by atoms with Crippen LogP contribution in [-0.4, -0.2) is 12.3 Å². The summed E-state index contributed by atoms with van der Waals surface area (Å²) in [5.41, 5.74) is 1.04. The van der Waals surface area contributed by atoms with Gasteiger partial charge in [0.15, 0.2) is 0 Å². The molecule has 0 aliphatic carbocycles. The molecule has 1 unspecified atom stereocenters. The van der Waals surface area contributed by atoms with Crippen LogP contribution >= 0.6 is 58.2 Å². The lowest BCUT2D eigenvalue weighted by molar-refractivity contribution is 0.601. The number of nitrogens with one attached hydrogen (secondary N) is 1. The molecular formula is C16H15Cl4NS. The molecule has 6 heteroatoms. The maximum atomic E-state index is 6.21. The highest BCUT2D eigenvalue weighted by Gasteiger charge is 2.09. The summed E-state index contributed by atoms with van der Waals surface area (Å²) >= 11 is 25.9. The summed E-state index contributed by atoms with van der Waals surface area (Å²) in [6.45, 7) is 2.90. The molecule has 0 aliphatic heterocycles. The van der Waals surface area contributed by atoms with Gasteiger partial charge < -0.3 is 5.32 Å². The van der Waals surface area contributed by atoms with Gasteiger partial charge >= 0.3 is 0 Å². The summed E-state index contributed by atoms with van der Waals surface area (Å²) in [4.78, 5) is 0.994. The van der Waals surface area contributed by atoms with Crippen LogP contribution in [0.1, 0.15) is 18.5 Å². The minimum atomic E-state index is 0.153. The van der Waals surface area contributed by atoms with Gasteiger partial charge in [-0.05, 0) is 42.8 Å². The Labute approximate surface area is 155 Å². The van der Waals surface area contributed by atoms with Crippen molar-refractivity contribution in [2.24, 2.45) is 0 Å². The second kappa shape index (κ2) is 8.68. The SMILES string of the molecule is CC(NCCSc1cc(Cl)ccc1Cl)c1ccc(Cl)cc1Cl. The maximum Gasteiger partial charge on any atom is 0.0542 e. The standard InChI is InChI=1S/C16H15Cl4NS/c1-10(13-4-2-11(17)8-15(13)20)21-6-7-22-16-9-12(18)3-5-14(16)19/h2-5,8-10,21H,6-7H2,1H3. The Balaban J connectivity index is 1.84. The zero-order valence-corrected chi connectivity index (χ0v) is 15.7. The molecule has 1 N–H and O–H groups in total. The lowest BCUT2D eigenvalue weighted by atomic mass is 10.1. The zero-order chi connectivity index (χ0) is 16.1. The molecular weight excluding hydrogens is 380 g/mol. The highest BCUT2D eigenvalue weighted by Crippen LogP contribution is 2.30. The normalized spacial score (nSPS) is 12.4. The van der Waals surface area contributed by atoms with E-state index in [1.165, 1.54) is 0 Å². The Morgan fingerprint density at radius 1 is 0.955 bits per heavy atom. The third kappa shape index (κ3) is 5.23. The largest absolute Gasteiger partial charge is 0.309 e. The molecule has 1 nitrogen and oxygen atoms in total. The summed E-state index contributed by atoms with van der Waals surface area (Å²) in [6, 6.07) is 11.2. The van der Waals surface area contributed by atoms with Crippen molar-refractivity contribution in [2.75, 3.05) is 12.3 Å². The van der Waals surface area contributed by atoms with Gasteiger partial charge in [-0.25, -0.2) is 0 Å². The van der Waals surface area contributed by atoms with Crippen LogP contribution in [0.4, 0.5) is 0 Å². The molecule has 2 aromatic carbocycles. The van der Waals surface area contributed by atoms with E-state index in [9.17, 15) is 0 Å². The van der Waals surface area contributed by atoms with Crippen molar-refractivity contribution < 1.29 is 0 Å². The van der Waals surface area contributed by atoms with Crippen molar-refractivity contribution >= 4 is 58.2 Å². The molecule has 2 aromatic rings. The average molecular weight is 395 g/mol. The summed E-state index contributed by atoms with van der Waals surface area (Å²) in [6.07, 6.45) is 0. The van der Waals surface area contributed by atoms with Gasteiger partial charge in [-0.3, -0.25) is 0 Å². The third-order valence-electron chi connectivity index (χ3n) is 3.13. The first-order valence-electron chi connectivity index (χ1n) is 6.73. The van der Waals surface area contributed by atoms with Crippen molar-refractivity contribution in [1.82, 2.24) is 5.32 Å². The molecule has 0 aromatic heterocycles. The number of halogens is 4. The van der Waals surface area contributed by atoms with Crippen molar-refractivity contribution in [2.45, 2.75) is 17.9 Å². The number of hydrogen-bond donors (Lipinski definition) is 1. The van der Waals surface area contributed by atoms with Gasteiger partial charge in [-0.2, -0.15) is 0 Å². The molecule has 22 heavy (non-hydrogen) atoms. The molecule has 2 rings (SSSR count). The summed E-state index contributed by atoms with van der Waals surface area (Å²) in [5, 5.41) is 6.18. The second-order valence-electron chi connectivity index (χ2n) is 4.76. The number of hydrogen-bond acceptors (Lipinski definition) is 2. The van der Waals surface area contributed by atoms with Gasteiger partial charge in [0.1, 0.15) is 0 Å². The number of rotatable bonds is 6. The molecule has 118 valence electrons. The lowest BCUT2D eigenvalue weighted by Crippen LogP contribution is -2.21. The van der Waals surface area contributed by atoms with Crippen molar-refractivity contribution in [1.29, 1.82) is 0 Å². The van der Waals surface area contributed by atoms with Gasteiger partial charge in [0.05, 0.1) is 5.02 Å². The topological polar surface area (TPSA) is 12.0 Å². The van der Waals surface area contributed by atoms with Crippen LogP contribution in [0.2, 0.25) is 20.1 Å². The molecule has 0 fully saturated rings. The molecule has 0 amide bonds. The van der Waals surface area contributed by atoms with E-state index in [-0.39, 0.29) is 6.04 Å². The van der Waals surface area contributed by atoms with E-state index in [0.717, 1.165) is 27.8 Å². The van der Waals surface area contributed by atoms with E-state index in [1.807, 2.05) is 24.3 Å². The molecule has 0 heterocycles. The predicted octanol–water partition coefficient (Wildman–Crippen LogP) is 6.74. The van der Waals surface area contributed by atoms with E-state index in [2.05, 4.69) is 12.2 Å². The van der Waals surface area contributed by atoms with Crippen LogP contribution in [0.5, 0.6) is 0 Å². The molecule has 0 aliphatic rings. The highest BCUT2D eigenvalue weighted by atomic mass is 35.5. The smallest absolute Gasteiger partial charge is 0.0542 e. The second-order valence-corrected chi connectivity index (χ2v) is 7.59. The molecule has 1 atom stereocenters. The van der Waals surface area contributed by atoms with E-state index in [0.29, 0.717) is 15.1 Å². The van der Waals surface area contributed by atoms with E-state index >= 15 is 0 Å². The summed E-state index contributed by atoms with van der Waals surface area (Å²) < 4.78 is 0. The quantitative estimate of drug-likeness (QED) is 0.429. The fraction of sp³-hybridized carbons (Fsp3) is 0.250. The van der Waals surface area contributed by atoms with E-state index in [1.54, 1.807) is 23.9 Å². The molecule has 0 saturated carbocycles. The summed E-state index contributed by atoms with van der Waals surface area (Å²) in [7, 11) is 0. The zero-order valence-electron chi connectivity index (χ0n) is 11.9. The Hall–Kier alpha value is -0.0900. The van der Waals surface area contributed by atoms with Crippen LogP contribution in [0, 0.1) is 0 Å². The van der Waals surface area contributed by atoms with Gasteiger partial charge in [0.2, 0.25) is 0 Å². The van der Waals surface area contributed by atoms with Crippen molar-refractivity contribution in [3.05, 3.63) is 62.1 Å². The maximum absolute atomic E-state index is 6.21. The Kier molecular flexibility index (Phi) is 7.20. The molecule has 0 bridgehead atoms. The first-order chi connectivity index (χ1) is 10.5. The molecule has 0 saturated heterocycles. The minimum absolute atomic E-state index is 0.153. The van der Waals surface area contributed by atoms with Crippen LogP contribution in [0.3, 0.4) is 0 Å². The fourth-order valence-electron chi connectivity index (χ4n) is 1.99. The van der Waals surface area contributed by atoms with Gasteiger partial charge in [0.25, 0.3) is 0 Å². The Morgan fingerprint density at radius 3 is 2.36 bits per heavy atom. The van der Waals surface area contributed by atoms with E-state index < -0.39 is 0 Å². The van der Waals surface area contributed by atoms with Crippen molar-refractivity contribution in [3.8, 4) is 0 Å². The molecule has 0 spiro atoms. The predicted molar refractivity (Wildman–Crippen MR) is 100 cm³/mol. The van der Waals surface area contributed by atoms with E-state index in [4.69, 9.17) is 46.4 Å². The Morgan fingerprint density at radius 2 is 1.64 bits per heavy atom. The first kappa shape index (κ1) is 18.3. The van der Waals surface area contributed by atoms with Gasteiger partial charge in [0, 0.05) is 38.3 Å². The average Bonchev–Trinajstić information content (AvgIpc) is 2.46. The minimum Gasteiger partial charge on any atom is -0.309 e. The highest BCUT2D eigenvalue weighted by molar-refractivity contribution is 7.99. The Bertz CT molecular complexity index is 648. The third-order valence-corrected chi connectivity index (χ3v) is 5.43. The van der Waals surface area contributed by atoms with Crippen LogP contribution in [0.15, 0.2) is 41.3 Å². The lowest BCUT2D eigenvalue weighted by Gasteiger charge is -2.16. The fourth-order valence-corrected chi connectivity index (χ4v) is 3.93.